The topological polar surface area (TPSA) is 54.6 Å². The van der Waals surface area contributed by atoms with Crippen LogP contribution in [0.5, 0.6) is 0 Å². The molecule has 1 amide bonds. The molecule has 0 aliphatic carbocycles. The van der Waals surface area contributed by atoms with Crippen LogP contribution >= 0.6 is 0 Å². The first-order valence-electron chi connectivity index (χ1n) is 5.75. The number of nitrogens with zero attached hydrogens (tertiary/aromatic N) is 1. The Morgan fingerprint density at radius 1 is 1.33 bits per heavy atom. The number of amides is 1. The van der Waals surface area contributed by atoms with Gasteiger partial charge < -0.3 is 4.42 Å². The molecule has 1 aromatic heterocycles. The third kappa shape index (κ3) is 3.07. The van der Waals surface area contributed by atoms with E-state index in [2.05, 4.69) is 17.5 Å². The fourth-order valence-corrected chi connectivity index (χ4v) is 1.47. The largest absolute Gasteiger partial charge is 0.459 e. The maximum atomic E-state index is 11.5. The SMILES string of the molecule is CCc1ccc(C=NNC(=O)c2ccco2)cc1. The van der Waals surface area contributed by atoms with Crippen molar-refractivity contribution in [2.45, 2.75) is 13.3 Å². The monoisotopic (exact) mass is 242 g/mol. The number of hydrazone groups is 1. The first-order valence-corrected chi connectivity index (χ1v) is 5.75. The van der Waals surface area contributed by atoms with Crippen LogP contribution < -0.4 is 5.43 Å². The Labute approximate surface area is 105 Å². The van der Waals surface area contributed by atoms with Crippen molar-refractivity contribution in [1.29, 1.82) is 0 Å². The van der Waals surface area contributed by atoms with Gasteiger partial charge in [-0.2, -0.15) is 5.10 Å². The Morgan fingerprint density at radius 3 is 2.72 bits per heavy atom. The first kappa shape index (κ1) is 12.1. The van der Waals surface area contributed by atoms with Crippen molar-refractivity contribution in [1.82, 2.24) is 5.43 Å². The van der Waals surface area contributed by atoms with Crippen LogP contribution in [0.25, 0.3) is 0 Å². The van der Waals surface area contributed by atoms with E-state index in [1.165, 1.54) is 11.8 Å². The summed E-state index contributed by atoms with van der Waals surface area (Å²) in [5, 5.41) is 3.87. The minimum Gasteiger partial charge on any atom is -0.459 e. The zero-order valence-corrected chi connectivity index (χ0v) is 10.1. The van der Waals surface area contributed by atoms with E-state index >= 15 is 0 Å². The van der Waals surface area contributed by atoms with Crippen molar-refractivity contribution in [3.63, 3.8) is 0 Å². The van der Waals surface area contributed by atoms with E-state index in [4.69, 9.17) is 4.42 Å². The summed E-state index contributed by atoms with van der Waals surface area (Å²) in [5.74, 6) is -0.116. The predicted octanol–water partition coefficient (Wildman–Crippen LogP) is 2.61. The highest BCUT2D eigenvalue weighted by molar-refractivity contribution is 5.92. The van der Waals surface area contributed by atoms with Gasteiger partial charge in [0.15, 0.2) is 5.76 Å². The molecule has 0 unspecified atom stereocenters. The Hall–Kier alpha value is -2.36. The Bertz CT molecular complexity index is 527. The van der Waals surface area contributed by atoms with E-state index in [1.807, 2.05) is 24.3 Å². The van der Waals surface area contributed by atoms with E-state index in [-0.39, 0.29) is 11.7 Å². The lowest BCUT2D eigenvalue weighted by Gasteiger charge is -1.97. The van der Waals surface area contributed by atoms with Crippen molar-refractivity contribution in [3.8, 4) is 0 Å². The van der Waals surface area contributed by atoms with Crippen LogP contribution in [0, 0.1) is 0 Å². The minimum atomic E-state index is -0.360. The van der Waals surface area contributed by atoms with Gasteiger partial charge in [-0.3, -0.25) is 4.79 Å². The molecule has 18 heavy (non-hydrogen) atoms. The molecule has 1 aromatic carbocycles. The standard InChI is InChI=1S/C14H14N2O2/c1-2-11-5-7-12(8-6-11)10-15-16-14(17)13-4-3-9-18-13/h3-10H,2H2,1H3,(H,16,17). The molecule has 1 N–H and O–H groups in total. The van der Waals surface area contributed by atoms with Crippen molar-refractivity contribution < 1.29 is 9.21 Å². The minimum absolute atomic E-state index is 0.244. The zero-order valence-electron chi connectivity index (χ0n) is 10.1. The molecule has 92 valence electrons. The summed E-state index contributed by atoms with van der Waals surface area (Å²) < 4.78 is 4.94. The van der Waals surface area contributed by atoms with E-state index in [1.54, 1.807) is 18.3 Å². The Kier molecular flexibility index (Phi) is 3.91. The van der Waals surface area contributed by atoms with Crippen molar-refractivity contribution in [2.75, 3.05) is 0 Å². The number of rotatable bonds is 4. The van der Waals surface area contributed by atoms with Gasteiger partial charge in [0, 0.05) is 0 Å². The summed E-state index contributed by atoms with van der Waals surface area (Å²) >= 11 is 0. The quantitative estimate of drug-likeness (QED) is 0.661. The van der Waals surface area contributed by atoms with Gasteiger partial charge in [0.25, 0.3) is 0 Å². The second-order valence-electron chi connectivity index (χ2n) is 3.77. The molecular formula is C14H14N2O2. The van der Waals surface area contributed by atoms with Gasteiger partial charge >= 0.3 is 5.91 Å². The lowest BCUT2D eigenvalue weighted by molar-refractivity contribution is 0.0927. The molecule has 0 bridgehead atoms. The lowest BCUT2D eigenvalue weighted by atomic mass is 10.1. The molecule has 0 fully saturated rings. The predicted molar refractivity (Wildman–Crippen MR) is 69.6 cm³/mol. The van der Waals surface area contributed by atoms with E-state index in [0.29, 0.717) is 0 Å². The van der Waals surface area contributed by atoms with Crippen LogP contribution in [0.2, 0.25) is 0 Å². The molecule has 1 heterocycles. The number of furan rings is 1. The van der Waals surface area contributed by atoms with Gasteiger partial charge in [-0.25, -0.2) is 5.43 Å². The molecule has 0 saturated heterocycles. The van der Waals surface area contributed by atoms with Gasteiger partial charge in [-0.05, 0) is 29.7 Å². The number of hydrogen-bond donors (Lipinski definition) is 1. The van der Waals surface area contributed by atoms with Gasteiger partial charge in [0.2, 0.25) is 0 Å². The average Bonchev–Trinajstić information content (AvgIpc) is 2.93. The van der Waals surface area contributed by atoms with Crippen LogP contribution in [0.1, 0.15) is 28.6 Å². The molecule has 0 spiro atoms. The van der Waals surface area contributed by atoms with Crippen LogP contribution in [-0.2, 0) is 6.42 Å². The molecule has 4 nitrogen and oxygen atoms in total. The highest BCUT2D eigenvalue weighted by Crippen LogP contribution is 2.03. The maximum absolute atomic E-state index is 11.5. The normalized spacial score (nSPS) is 10.7. The molecular weight excluding hydrogens is 228 g/mol. The zero-order chi connectivity index (χ0) is 12.8. The number of carbonyl (C=O) groups excluding carboxylic acids is 1. The van der Waals surface area contributed by atoms with Gasteiger partial charge in [0.1, 0.15) is 0 Å². The van der Waals surface area contributed by atoms with Crippen molar-refractivity contribution >= 4 is 12.1 Å². The summed E-state index contributed by atoms with van der Waals surface area (Å²) in [6.45, 7) is 2.10. The second-order valence-corrected chi connectivity index (χ2v) is 3.77. The third-order valence-electron chi connectivity index (χ3n) is 2.51. The molecule has 4 heteroatoms. The number of benzene rings is 1. The van der Waals surface area contributed by atoms with Gasteiger partial charge in [-0.15, -0.1) is 0 Å². The molecule has 0 aliphatic rings. The fraction of sp³-hybridized carbons (Fsp3) is 0.143. The van der Waals surface area contributed by atoms with Crippen molar-refractivity contribution in [2.24, 2.45) is 5.10 Å². The van der Waals surface area contributed by atoms with Crippen LogP contribution in [-0.4, -0.2) is 12.1 Å². The Morgan fingerprint density at radius 2 is 2.11 bits per heavy atom. The summed E-state index contributed by atoms with van der Waals surface area (Å²) in [7, 11) is 0. The molecule has 0 aliphatic heterocycles. The molecule has 2 aromatic rings. The number of hydrogen-bond acceptors (Lipinski definition) is 3. The highest BCUT2D eigenvalue weighted by Gasteiger charge is 2.05. The summed E-state index contributed by atoms with van der Waals surface area (Å²) in [4.78, 5) is 11.5. The average molecular weight is 242 g/mol. The summed E-state index contributed by atoms with van der Waals surface area (Å²) in [6, 6.07) is 11.2. The number of carbonyl (C=O) groups is 1. The van der Waals surface area contributed by atoms with Crippen LogP contribution in [0.4, 0.5) is 0 Å². The van der Waals surface area contributed by atoms with Crippen LogP contribution in [0.15, 0.2) is 52.2 Å². The lowest BCUT2D eigenvalue weighted by Crippen LogP contribution is -2.16. The number of nitrogens with one attached hydrogen (secondary N) is 1. The van der Waals surface area contributed by atoms with E-state index < -0.39 is 0 Å². The molecule has 0 saturated carbocycles. The third-order valence-corrected chi connectivity index (χ3v) is 2.51. The van der Waals surface area contributed by atoms with E-state index in [0.717, 1.165) is 12.0 Å². The second kappa shape index (κ2) is 5.82. The van der Waals surface area contributed by atoms with Gasteiger partial charge in [-0.1, -0.05) is 31.2 Å². The number of aryl methyl sites for hydroxylation is 1. The summed E-state index contributed by atoms with van der Waals surface area (Å²) in [6.07, 6.45) is 4.05. The smallest absolute Gasteiger partial charge is 0.307 e. The first-order chi connectivity index (χ1) is 8.79. The maximum Gasteiger partial charge on any atom is 0.307 e. The molecule has 0 atom stereocenters. The van der Waals surface area contributed by atoms with E-state index in [9.17, 15) is 4.79 Å². The summed E-state index contributed by atoms with van der Waals surface area (Å²) in [5.41, 5.74) is 4.61. The Balaban J connectivity index is 1.93. The highest BCUT2D eigenvalue weighted by atomic mass is 16.3. The van der Waals surface area contributed by atoms with Gasteiger partial charge in [0.05, 0.1) is 12.5 Å². The molecule has 0 radical (unpaired) electrons. The fourth-order valence-electron chi connectivity index (χ4n) is 1.47. The van der Waals surface area contributed by atoms with Crippen molar-refractivity contribution in [3.05, 3.63) is 59.5 Å². The van der Waals surface area contributed by atoms with Crippen LogP contribution in [0.3, 0.4) is 0 Å². The molecule has 2 rings (SSSR count).